The van der Waals surface area contributed by atoms with Gasteiger partial charge < -0.3 is 9.64 Å². The van der Waals surface area contributed by atoms with Crippen LogP contribution in [0.1, 0.15) is 32.5 Å². The number of amides is 1. The second kappa shape index (κ2) is 4.99. The van der Waals surface area contributed by atoms with Gasteiger partial charge in [-0.3, -0.25) is 10.1 Å². The lowest BCUT2D eigenvalue weighted by Gasteiger charge is -2.32. The molecule has 1 aromatic rings. The molecule has 2 unspecified atom stereocenters. The number of hydrogen-bond acceptors (Lipinski definition) is 4. The number of rotatable bonds is 4. The van der Waals surface area contributed by atoms with Crippen molar-refractivity contribution in [2.24, 2.45) is 0 Å². The zero-order chi connectivity index (χ0) is 13.3. The summed E-state index contributed by atoms with van der Waals surface area (Å²) in [5.41, 5.74) is 0.806. The van der Waals surface area contributed by atoms with Crippen LogP contribution in [0.25, 0.3) is 0 Å². The lowest BCUT2D eigenvalue weighted by atomic mass is 10.1. The third kappa shape index (κ3) is 2.58. The van der Waals surface area contributed by atoms with Crippen LogP contribution in [0.5, 0.6) is 0 Å². The topological polar surface area (TPSA) is 41.6 Å². The Bertz CT molecular complexity index is 417. The highest BCUT2D eigenvalue weighted by atomic mass is 32.1. The molecule has 1 amide bonds. The molecule has 1 N–H and O–H groups in total. The van der Waals surface area contributed by atoms with Gasteiger partial charge >= 0.3 is 0 Å². The maximum absolute atomic E-state index is 12.2. The smallest absolute Gasteiger partial charge is 0.241 e. The van der Waals surface area contributed by atoms with Crippen molar-refractivity contribution in [3.8, 4) is 0 Å². The van der Waals surface area contributed by atoms with Crippen LogP contribution < -0.4 is 5.32 Å². The average Bonchev–Trinajstić information content (AvgIpc) is 2.93. The van der Waals surface area contributed by atoms with E-state index in [1.807, 2.05) is 31.1 Å². The molecule has 0 radical (unpaired) electrons. The highest BCUT2D eigenvalue weighted by Crippen LogP contribution is 2.28. The van der Waals surface area contributed by atoms with Crippen LogP contribution in [0.2, 0.25) is 0 Å². The third-order valence-corrected chi connectivity index (χ3v) is 4.04. The minimum absolute atomic E-state index is 0.0341. The molecule has 1 fully saturated rings. The third-order valence-electron chi connectivity index (χ3n) is 3.34. The highest BCUT2D eigenvalue weighted by Gasteiger charge is 2.39. The molecule has 18 heavy (non-hydrogen) atoms. The van der Waals surface area contributed by atoms with Crippen LogP contribution in [-0.2, 0) is 9.53 Å². The number of hydrogen-bond donors (Lipinski definition) is 1. The molecule has 1 aliphatic heterocycles. The predicted molar refractivity (Wildman–Crippen MR) is 72.5 cm³/mol. The number of ether oxygens (including phenoxy) is 1. The quantitative estimate of drug-likeness (QED) is 0.908. The zero-order valence-electron chi connectivity index (χ0n) is 11.3. The van der Waals surface area contributed by atoms with E-state index in [-0.39, 0.29) is 23.7 Å². The standard InChI is InChI=1S/C13H20N2O2S/c1-9-12(16)15(8-13(2,3)17-4)11(14-9)10-5-6-18-7-10/h5-7,9,11,14H,8H2,1-4H3. The Balaban J connectivity index is 2.21. The second-order valence-electron chi connectivity index (χ2n) is 5.28. The zero-order valence-corrected chi connectivity index (χ0v) is 12.1. The first kappa shape index (κ1) is 13.5. The lowest BCUT2D eigenvalue weighted by Crippen LogP contribution is -2.43. The summed E-state index contributed by atoms with van der Waals surface area (Å²) >= 11 is 1.65. The largest absolute Gasteiger partial charge is 0.377 e. The number of methoxy groups -OCH3 is 1. The van der Waals surface area contributed by atoms with Crippen LogP contribution in [-0.4, -0.2) is 36.1 Å². The number of nitrogens with zero attached hydrogens (tertiary/aromatic N) is 1. The molecule has 0 spiro atoms. The van der Waals surface area contributed by atoms with Gasteiger partial charge in [0.1, 0.15) is 6.17 Å². The first-order chi connectivity index (χ1) is 8.44. The molecule has 0 bridgehead atoms. The van der Waals surface area contributed by atoms with Gasteiger partial charge in [-0.05, 0) is 43.2 Å². The summed E-state index contributed by atoms with van der Waals surface area (Å²) < 4.78 is 5.43. The normalized spacial score (nSPS) is 24.9. The highest BCUT2D eigenvalue weighted by molar-refractivity contribution is 7.07. The predicted octanol–water partition coefficient (Wildman–Crippen LogP) is 1.99. The Morgan fingerprint density at radius 3 is 2.83 bits per heavy atom. The minimum atomic E-state index is -0.338. The van der Waals surface area contributed by atoms with Crippen molar-refractivity contribution >= 4 is 17.2 Å². The average molecular weight is 268 g/mol. The monoisotopic (exact) mass is 268 g/mol. The van der Waals surface area contributed by atoms with Crippen molar-refractivity contribution in [2.75, 3.05) is 13.7 Å². The molecule has 2 rings (SSSR count). The first-order valence-electron chi connectivity index (χ1n) is 6.08. The van der Waals surface area contributed by atoms with Crippen LogP contribution in [0.3, 0.4) is 0 Å². The fourth-order valence-electron chi connectivity index (χ4n) is 2.12. The molecular formula is C13H20N2O2S. The molecule has 1 saturated heterocycles. The van der Waals surface area contributed by atoms with Crippen molar-refractivity contribution in [1.82, 2.24) is 10.2 Å². The minimum Gasteiger partial charge on any atom is -0.377 e. The van der Waals surface area contributed by atoms with Crippen molar-refractivity contribution in [3.63, 3.8) is 0 Å². The van der Waals surface area contributed by atoms with E-state index in [1.54, 1.807) is 18.4 Å². The fraction of sp³-hybridized carbons (Fsp3) is 0.615. The van der Waals surface area contributed by atoms with E-state index in [4.69, 9.17) is 4.74 Å². The van der Waals surface area contributed by atoms with Gasteiger partial charge in [-0.25, -0.2) is 0 Å². The maximum atomic E-state index is 12.2. The van der Waals surface area contributed by atoms with Crippen molar-refractivity contribution in [3.05, 3.63) is 22.4 Å². The van der Waals surface area contributed by atoms with Gasteiger partial charge in [-0.2, -0.15) is 11.3 Å². The molecule has 100 valence electrons. The molecule has 5 heteroatoms. The Labute approximate surface area is 112 Å². The Morgan fingerprint density at radius 1 is 1.56 bits per heavy atom. The summed E-state index contributed by atoms with van der Waals surface area (Å²) in [7, 11) is 1.68. The molecule has 0 aromatic carbocycles. The van der Waals surface area contributed by atoms with Crippen LogP contribution in [0.4, 0.5) is 0 Å². The van der Waals surface area contributed by atoms with Crippen LogP contribution in [0, 0.1) is 0 Å². The first-order valence-corrected chi connectivity index (χ1v) is 7.03. The van der Waals surface area contributed by atoms with Crippen LogP contribution in [0.15, 0.2) is 16.8 Å². The second-order valence-corrected chi connectivity index (χ2v) is 6.06. The molecule has 2 atom stereocenters. The SMILES string of the molecule is COC(C)(C)CN1C(=O)C(C)NC1c1ccsc1. The summed E-state index contributed by atoms with van der Waals surface area (Å²) in [6, 6.07) is 1.92. The van der Waals surface area contributed by atoms with Gasteiger partial charge in [0.2, 0.25) is 5.91 Å². The fourth-order valence-corrected chi connectivity index (χ4v) is 2.80. The Hall–Kier alpha value is -0.910. The molecule has 2 heterocycles. The number of carbonyl (C=O) groups excluding carboxylic acids is 1. The summed E-state index contributed by atoms with van der Waals surface area (Å²) in [5.74, 6) is 0.135. The van der Waals surface area contributed by atoms with Crippen LogP contribution >= 0.6 is 11.3 Å². The summed E-state index contributed by atoms with van der Waals surface area (Å²) in [5, 5.41) is 7.44. The number of carbonyl (C=O) groups is 1. The van der Waals surface area contributed by atoms with Gasteiger partial charge in [0.15, 0.2) is 0 Å². The van der Waals surface area contributed by atoms with E-state index in [2.05, 4.69) is 16.8 Å². The molecule has 1 aliphatic rings. The van der Waals surface area contributed by atoms with E-state index in [9.17, 15) is 4.79 Å². The molecule has 0 saturated carbocycles. The Kier molecular flexibility index (Phi) is 3.75. The molecule has 4 nitrogen and oxygen atoms in total. The van der Waals surface area contributed by atoms with E-state index in [0.717, 1.165) is 5.56 Å². The van der Waals surface area contributed by atoms with Gasteiger partial charge in [-0.15, -0.1) is 0 Å². The summed E-state index contributed by atoms with van der Waals surface area (Å²) in [6.07, 6.45) is -0.0341. The molecule has 0 aliphatic carbocycles. The summed E-state index contributed by atoms with van der Waals surface area (Å²) in [6.45, 7) is 6.48. The molecular weight excluding hydrogens is 248 g/mol. The number of nitrogens with one attached hydrogen (secondary N) is 1. The van der Waals surface area contributed by atoms with Gasteiger partial charge in [0.25, 0.3) is 0 Å². The van der Waals surface area contributed by atoms with Gasteiger partial charge in [-0.1, -0.05) is 0 Å². The molecule has 1 aromatic heterocycles. The summed E-state index contributed by atoms with van der Waals surface area (Å²) in [4.78, 5) is 14.1. The van der Waals surface area contributed by atoms with E-state index >= 15 is 0 Å². The number of thiophene rings is 1. The lowest BCUT2D eigenvalue weighted by molar-refractivity contribution is -0.133. The van der Waals surface area contributed by atoms with Gasteiger partial charge in [0, 0.05) is 7.11 Å². The van der Waals surface area contributed by atoms with Gasteiger partial charge in [0.05, 0.1) is 18.2 Å². The van der Waals surface area contributed by atoms with E-state index in [1.165, 1.54) is 0 Å². The van der Waals surface area contributed by atoms with Crippen molar-refractivity contribution in [1.29, 1.82) is 0 Å². The van der Waals surface area contributed by atoms with Crippen molar-refractivity contribution < 1.29 is 9.53 Å². The van der Waals surface area contributed by atoms with Crippen molar-refractivity contribution in [2.45, 2.75) is 38.6 Å². The van der Waals surface area contributed by atoms with E-state index in [0.29, 0.717) is 6.54 Å². The van der Waals surface area contributed by atoms with E-state index < -0.39 is 0 Å². The maximum Gasteiger partial charge on any atom is 0.241 e. The Morgan fingerprint density at radius 2 is 2.28 bits per heavy atom.